The van der Waals surface area contributed by atoms with E-state index >= 15 is 0 Å². The number of aromatic hydroxyl groups is 1. The first-order valence-corrected chi connectivity index (χ1v) is 11.1. The molecule has 0 saturated heterocycles. The Morgan fingerprint density at radius 2 is 1.50 bits per heavy atom. The van der Waals surface area contributed by atoms with E-state index in [0.717, 1.165) is 33.8 Å². The fourth-order valence-electron chi connectivity index (χ4n) is 3.81. The quantitative estimate of drug-likeness (QED) is 0.423. The minimum Gasteiger partial charge on any atom is -0.494 e. The Bertz CT molecular complexity index is 1370. The molecule has 0 atom stereocenters. The first-order valence-electron chi connectivity index (χ1n) is 10.3. The lowest BCUT2D eigenvalue weighted by molar-refractivity contribution is 0.451. The summed E-state index contributed by atoms with van der Waals surface area (Å²) in [6, 6.07) is 24.6. The number of hydrogen-bond acceptors (Lipinski definition) is 4. The monoisotopic (exact) mass is 436 g/mol. The maximum atomic E-state index is 11.4. The van der Waals surface area contributed by atoms with Crippen molar-refractivity contribution in [3.8, 4) is 17.7 Å². The van der Waals surface area contributed by atoms with Crippen molar-refractivity contribution in [3.05, 3.63) is 110 Å². The van der Waals surface area contributed by atoms with Crippen LogP contribution in [0.15, 0.2) is 77.6 Å². The lowest BCUT2D eigenvalue weighted by atomic mass is 10.1. The number of hydrogen-bond donors (Lipinski definition) is 2. The molecule has 156 valence electrons. The van der Waals surface area contributed by atoms with Gasteiger partial charge < -0.3 is 10.0 Å². The highest BCUT2D eigenvalue weighted by Crippen LogP contribution is 2.35. The number of aromatic nitrogens is 1. The van der Waals surface area contributed by atoms with Gasteiger partial charge in [0.2, 0.25) is 5.88 Å². The number of thiazole rings is 1. The number of benzene rings is 3. The largest absolute Gasteiger partial charge is 0.494 e. The molecule has 0 saturated carbocycles. The van der Waals surface area contributed by atoms with Gasteiger partial charge in [-0.25, -0.2) is 0 Å². The van der Waals surface area contributed by atoms with Gasteiger partial charge in [-0.05, 0) is 41.0 Å². The normalized spacial score (nSPS) is 11.8. The van der Waals surface area contributed by atoms with Gasteiger partial charge in [-0.1, -0.05) is 83.9 Å². The number of para-hydroxylation sites is 2. The van der Waals surface area contributed by atoms with Crippen LogP contribution in [-0.2, 0) is 6.42 Å². The fraction of sp³-hybridized carbons (Fsp3) is 0.0741. The highest BCUT2D eigenvalue weighted by Gasteiger charge is 2.16. The van der Waals surface area contributed by atoms with Crippen LogP contribution in [0, 0.1) is 11.8 Å². The van der Waals surface area contributed by atoms with Gasteiger partial charge in [0, 0.05) is 23.4 Å². The van der Waals surface area contributed by atoms with Crippen LogP contribution in [-0.4, -0.2) is 16.6 Å². The van der Waals surface area contributed by atoms with Crippen molar-refractivity contribution in [2.45, 2.75) is 6.42 Å². The number of rotatable bonds is 3. The summed E-state index contributed by atoms with van der Waals surface area (Å²) in [5.41, 5.74) is 6.57. The standard InChI is InChI=1S/C27H20N2O2S/c30-26-25(32-27(31)28-26)18-20-13-11-19(12-14-20)6-5-17-29-23-9-3-1-7-21(23)15-16-22-8-2-4-10-24(22)29/h1-4,7-16,30H,17-18H2,(H,28,31). The maximum Gasteiger partial charge on any atom is 0.307 e. The molecular weight excluding hydrogens is 416 g/mol. The van der Waals surface area contributed by atoms with Crippen LogP contribution in [0.3, 0.4) is 0 Å². The summed E-state index contributed by atoms with van der Waals surface area (Å²) in [6.45, 7) is 0.572. The predicted molar refractivity (Wildman–Crippen MR) is 132 cm³/mol. The molecule has 5 heteroatoms. The van der Waals surface area contributed by atoms with E-state index in [2.05, 4.69) is 82.4 Å². The third kappa shape index (κ3) is 4.09. The van der Waals surface area contributed by atoms with Gasteiger partial charge in [0.25, 0.3) is 0 Å². The van der Waals surface area contributed by atoms with E-state index in [4.69, 9.17) is 0 Å². The van der Waals surface area contributed by atoms with Crippen molar-refractivity contribution in [2.75, 3.05) is 11.4 Å². The molecule has 0 aliphatic carbocycles. The Labute approximate surface area is 190 Å². The SMILES string of the molecule is O=c1[nH]c(O)c(Cc2ccc(C#CCN3c4ccccc4C=Cc4ccccc43)cc2)s1. The molecule has 32 heavy (non-hydrogen) atoms. The van der Waals surface area contributed by atoms with Crippen molar-refractivity contribution >= 4 is 34.9 Å². The molecule has 0 bridgehead atoms. The van der Waals surface area contributed by atoms with Crippen molar-refractivity contribution in [3.63, 3.8) is 0 Å². The molecule has 0 unspecified atom stereocenters. The Hall–Kier alpha value is -4.01. The third-order valence-corrected chi connectivity index (χ3v) is 6.26. The molecule has 4 nitrogen and oxygen atoms in total. The van der Waals surface area contributed by atoms with Crippen molar-refractivity contribution in [2.24, 2.45) is 0 Å². The molecular formula is C27H20N2O2S. The minimum absolute atomic E-state index is 0.0450. The average molecular weight is 437 g/mol. The first kappa shape index (κ1) is 19.9. The van der Waals surface area contributed by atoms with Crippen LogP contribution in [0.5, 0.6) is 5.88 Å². The predicted octanol–water partition coefficient (Wildman–Crippen LogP) is 5.41. The molecule has 3 aromatic carbocycles. The molecule has 0 fully saturated rings. The Morgan fingerprint density at radius 1 is 0.875 bits per heavy atom. The average Bonchev–Trinajstić information content (AvgIpc) is 3.04. The minimum atomic E-state index is -0.244. The molecule has 1 aliphatic heterocycles. The lowest BCUT2D eigenvalue weighted by Gasteiger charge is -2.24. The second-order valence-corrected chi connectivity index (χ2v) is 8.57. The molecule has 0 radical (unpaired) electrons. The fourth-order valence-corrected chi connectivity index (χ4v) is 4.57. The van der Waals surface area contributed by atoms with Crippen LogP contribution >= 0.6 is 11.3 Å². The topological polar surface area (TPSA) is 56.3 Å². The van der Waals surface area contributed by atoms with E-state index in [-0.39, 0.29) is 10.8 Å². The van der Waals surface area contributed by atoms with Gasteiger partial charge in [-0.15, -0.1) is 0 Å². The van der Waals surface area contributed by atoms with Gasteiger partial charge in [0.1, 0.15) is 0 Å². The van der Waals surface area contributed by atoms with Gasteiger partial charge in [0.15, 0.2) is 0 Å². The number of aromatic amines is 1. The Kier molecular flexibility index (Phi) is 5.37. The second kappa shape index (κ2) is 8.62. The summed E-state index contributed by atoms with van der Waals surface area (Å²) in [6.07, 6.45) is 4.82. The number of H-pyrrole nitrogens is 1. The van der Waals surface area contributed by atoms with Crippen LogP contribution in [0.1, 0.15) is 27.1 Å². The van der Waals surface area contributed by atoms with Crippen LogP contribution < -0.4 is 9.77 Å². The van der Waals surface area contributed by atoms with E-state index in [1.807, 2.05) is 24.3 Å². The molecule has 4 aromatic rings. The maximum absolute atomic E-state index is 11.4. The number of nitrogens with one attached hydrogen (secondary N) is 1. The van der Waals surface area contributed by atoms with E-state index in [1.54, 1.807) is 0 Å². The molecule has 2 N–H and O–H groups in total. The summed E-state index contributed by atoms with van der Waals surface area (Å²) >= 11 is 1.03. The van der Waals surface area contributed by atoms with E-state index in [0.29, 0.717) is 17.8 Å². The molecule has 0 amide bonds. The van der Waals surface area contributed by atoms with E-state index < -0.39 is 0 Å². The zero-order chi connectivity index (χ0) is 21.9. The molecule has 2 heterocycles. The molecule has 5 rings (SSSR count). The highest BCUT2D eigenvalue weighted by molar-refractivity contribution is 7.09. The zero-order valence-electron chi connectivity index (χ0n) is 17.2. The van der Waals surface area contributed by atoms with E-state index in [1.165, 1.54) is 11.1 Å². The van der Waals surface area contributed by atoms with Crippen LogP contribution in [0.25, 0.3) is 12.2 Å². The Morgan fingerprint density at radius 3 is 2.09 bits per heavy atom. The second-order valence-electron chi connectivity index (χ2n) is 7.50. The van der Waals surface area contributed by atoms with E-state index in [9.17, 15) is 9.90 Å². The zero-order valence-corrected chi connectivity index (χ0v) is 18.0. The smallest absolute Gasteiger partial charge is 0.307 e. The summed E-state index contributed by atoms with van der Waals surface area (Å²) in [5, 5.41) is 9.77. The lowest BCUT2D eigenvalue weighted by Crippen LogP contribution is -2.18. The van der Waals surface area contributed by atoms with Gasteiger partial charge in [0.05, 0.1) is 11.4 Å². The first-order chi connectivity index (χ1) is 15.7. The third-order valence-electron chi connectivity index (χ3n) is 5.39. The number of nitrogens with zero attached hydrogens (tertiary/aromatic N) is 1. The van der Waals surface area contributed by atoms with Crippen molar-refractivity contribution in [1.29, 1.82) is 0 Å². The highest BCUT2D eigenvalue weighted by atomic mass is 32.1. The summed E-state index contributed by atoms with van der Waals surface area (Å²) in [7, 11) is 0. The van der Waals surface area contributed by atoms with Gasteiger partial charge in [-0.3, -0.25) is 9.78 Å². The van der Waals surface area contributed by atoms with Crippen molar-refractivity contribution < 1.29 is 5.11 Å². The summed E-state index contributed by atoms with van der Waals surface area (Å²) in [5.74, 6) is 6.55. The van der Waals surface area contributed by atoms with Gasteiger partial charge in [-0.2, -0.15) is 0 Å². The molecule has 1 aromatic heterocycles. The van der Waals surface area contributed by atoms with Crippen LogP contribution in [0.4, 0.5) is 11.4 Å². The number of fused-ring (bicyclic) bond motifs is 2. The summed E-state index contributed by atoms with van der Waals surface area (Å²) < 4.78 is 0. The van der Waals surface area contributed by atoms with Crippen LogP contribution in [0.2, 0.25) is 0 Å². The number of anilines is 2. The van der Waals surface area contributed by atoms with Crippen molar-refractivity contribution in [1.82, 2.24) is 4.98 Å². The molecule has 0 spiro atoms. The Balaban J connectivity index is 1.37. The van der Waals surface area contributed by atoms with Gasteiger partial charge >= 0.3 is 4.87 Å². The summed E-state index contributed by atoms with van der Waals surface area (Å²) in [4.78, 5) is 16.4. The molecule has 1 aliphatic rings.